The van der Waals surface area contributed by atoms with Crippen molar-refractivity contribution in [1.29, 1.82) is 0 Å². The number of phenolic OH excluding ortho intramolecular Hbond substituents is 2. The zero-order valence-corrected chi connectivity index (χ0v) is 13.6. The van der Waals surface area contributed by atoms with Crippen LogP contribution in [0.1, 0.15) is 27.0 Å². The van der Waals surface area contributed by atoms with Crippen LogP contribution in [0, 0.1) is 0 Å². The number of halogens is 3. The molecule has 0 aliphatic carbocycles. The molecule has 0 saturated carbocycles. The number of carbonyl (C=O) groups excluding carboxylic acids is 1. The summed E-state index contributed by atoms with van der Waals surface area (Å²) in [4.78, 5) is 21.2. The summed E-state index contributed by atoms with van der Waals surface area (Å²) in [6, 6.07) is 7.12. The number of rotatable bonds is 6. The summed E-state index contributed by atoms with van der Waals surface area (Å²) in [7, 11) is 1.27. The van der Waals surface area contributed by atoms with Crippen LogP contribution in [0.15, 0.2) is 36.4 Å². The van der Waals surface area contributed by atoms with E-state index in [0.717, 1.165) is 12.1 Å². The lowest BCUT2D eigenvalue weighted by molar-refractivity contribution is -0.282. The van der Waals surface area contributed by atoms with Gasteiger partial charge < -0.3 is 15.5 Å². The van der Waals surface area contributed by atoms with Crippen molar-refractivity contribution in [3.05, 3.63) is 58.7 Å². The van der Waals surface area contributed by atoms with Crippen LogP contribution in [0.2, 0.25) is 0 Å². The number of alkyl halides is 3. The van der Waals surface area contributed by atoms with Gasteiger partial charge in [0.15, 0.2) is 11.5 Å². The van der Waals surface area contributed by atoms with E-state index in [9.17, 15) is 28.2 Å². The van der Waals surface area contributed by atoms with Crippen molar-refractivity contribution in [1.82, 2.24) is 5.32 Å². The highest BCUT2D eigenvalue weighted by Crippen LogP contribution is 2.33. The Morgan fingerprint density at radius 2 is 1.88 bits per heavy atom. The molecule has 2 rings (SSSR count). The first-order chi connectivity index (χ1) is 12.2. The molecular weight excluding hydrogens is 355 g/mol. The van der Waals surface area contributed by atoms with Gasteiger partial charge in [0.05, 0.1) is 18.2 Å². The van der Waals surface area contributed by atoms with Crippen LogP contribution in [-0.2, 0) is 29.1 Å². The number of nitrogens with one attached hydrogen (secondary N) is 1. The van der Waals surface area contributed by atoms with E-state index in [-0.39, 0.29) is 29.8 Å². The number of phenols is 2. The number of carbonyl (C=O) groups is 1. The Hall–Kier alpha value is -2.78. The number of amides is 1. The van der Waals surface area contributed by atoms with Gasteiger partial charge in [-0.2, -0.15) is 13.2 Å². The first-order valence-electron chi connectivity index (χ1n) is 7.37. The van der Waals surface area contributed by atoms with Gasteiger partial charge in [0.1, 0.15) is 6.61 Å². The molecule has 6 nitrogen and oxygen atoms in total. The molecule has 0 spiro atoms. The third-order valence-corrected chi connectivity index (χ3v) is 3.52. The maximum absolute atomic E-state index is 12.7. The third-order valence-electron chi connectivity index (χ3n) is 3.52. The van der Waals surface area contributed by atoms with E-state index in [0.29, 0.717) is 0 Å². The van der Waals surface area contributed by atoms with Crippen LogP contribution < -0.4 is 5.32 Å². The van der Waals surface area contributed by atoms with Crippen LogP contribution in [0.25, 0.3) is 0 Å². The number of hydrogen-bond donors (Lipinski definition) is 3. The van der Waals surface area contributed by atoms with Gasteiger partial charge >= 0.3 is 6.18 Å². The van der Waals surface area contributed by atoms with E-state index in [1.165, 1.54) is 31.4 Å². The van der Waals surface area contributed by atoms with Crippen LogP contribution in [0.3, 0.4) is 0 Å². The molecule has 3 N–H and O–H groups in total. The highest BCUT2D eigenvalue weighted by Gasteiger charge is 2.30. The van der Waals surface area contributed by atoms with Crippen LogP contribution in [0.5, 0.6) is 11.5 Å². The molecule has 2 aromatic carbocycles. The molecule has 1 amide bonds. The Morgan fingerprint density at radius 1 is 1.15 bits per heavy atom. The first kappa shape index (κ1) is 19.5. The third kappa shape index (κ3) is 4.64. The summed E-state index contributed by atoms with van der Waals surface area (Å²) in [6.07, 6.45) is -4.48. The molecule has 0 unspecified atom stereocenters. The monoisotopic (exact) mass is 371 g/mol. The van der Waals surface area contributed by atoms with E-state index >= 15 is 0 Å². The van der Waals surface area contributed by atoms with Crippen molar-refractivity contribution < 1.29 is 38.0 Å². The summed E-state index contributed by atoms with van der Waals surface area (Å²) < 4.78 is 38.1. The van der Waals surface area contributed by atoms with E-state index in [4.69, 9.17) is 0 Å². The zero-order valence-electron chi connectivity index (χ0n) is 13.6. The molecule has 9 heteroatoms. The van der Waals surface area contributed by atoms with Crippen molar-refractivity contribution in [2.75, 3.05) is 7.11 Å². The molecule has 26 heavy (non-hydrogen) atoms. The van der Waals surface area contributed by atoms with E-state index in [1.807, 2.05) is 0 Å². The standard InChI is InChI=1S/C17H16F3NO5/c1-25-26-9-11-5-6-13(15(23)14(11)22)16(24)21-8-10-3-2-4-12(7-10)17(18,19)20/h2-7,22-23H,8-9H2,1H3,(H,21,24). The SMILES string of the molecule is COOCc1ccc(C(=O)NCc2cccc(C(F)(F)F)c2)c(O)c1O. The van der Waals surface area contributed by atoms with Crippen molar-refractivity contribution in [2.45, 2.75) is 19.3 Å². The first-order valence-corrected chi connectivity index (χ1v) is 7.37. The second-order valence-corrected chi connectivity index (χ2v) is 5.28. The molecule has 0 radical (unpaired) electrons. The number of hydrogen-bond acceptors (Lipinski definition) is 5. The van der Waals surface area contributed by atoms with E-state index in [1.54, 1.807) is 0 Å². The van der Waals surface area contributed by atoms with Gasteiger partial charge in [0, 0.05) is 12.1 Å². The Bertz CT molecular complexity index is 792. The lowest BCUT2D eigenvalue weighted by Crippen LogP contribution is -2.23. The van der Waals surface area contributed by atoms with Crippen molar-refractivity contribution in [3.63, 3.8) is 0 Å². The van der Waals surface area contributed by atoms with Crippen LogP contribution >= 0.6 is 0 Å². The minimum Gasteiger partial charge on any atom is -0.504 e. The number of aromatic hydroxyl groups is 2. The van der Waals surface area contributed by atoms with Gasteiger partial charge in [-0.1, -0.05) is 18.2 Å². The molecule has 0 bridgehead atoms. The van der Waals surface area contributed by atoms with Crippen molar-refractivity contribution in [3.8, 4) is 11.5 Å². The average Bonchev–Trinajstić information content (AvgIpc) is 2.60. The summed E-state index contributed by atoms with van der Waals surface area (Å²) in [5, 5.41) is 22.2. The average molecular weight is 371 g/mol. The van der Waals surface area contributed by atoms with Crippen molar-refractivity contribution >= 4 is 5.91 Å². The predicted octanol–water partition coefficient (Wildman–Crippen LogP) is 3.12. The maximum Gasteiger partial charge on any atom is 0.416 e. The Balaban J connectivity index is 2.10. The minimum atomic E-state index is -4.48. The highest BCUT2D eigenvalue weighted by atomic mass is 19.4. The smallest absolute Gasteiger partial charge is 0.416 e. The molecule has 0 aromatic heterocycles. The topological polar surface area (TPSA) is 88.0 Å². The summed E-state index contributed by atoms with van der Waals surface area (Å²) in [6.45, 7) is -0.334. The molecule has 0 atom stereocenters. The predicted molar refractivity (Wildman–Crippen MR) is 84.2 cm³/mol. The van der Waals surface area contributed by atoms with Gasteiger partial charge in [-0.3, -0.25) is 4.79 Å². The van der Waals surface area contributed by atoms with E-state index in [2.05, 4.69) is 15.1 Å². The van der Waals surface area contributed by atoms with Gasteiger partial charge in [-0.05, 0) is 23.8 Å². The quantitative estimate of drug-likeness (QED) is 0.413. The maximum atomic E-state index is 12.7. The lowest BCUT2D eigenvalue weighted by atomic mass is 10.1. The van der Waals surface area contributed by atoms with Crippen LogP contribution in [-0.4, -0.2) is 23.2 Å². The van der Waals surface area contributed by atoms with Crippen LogP contribution in [0.4, 0.5) is 13.2 Å². The fraction of sp³-hybridized carbons (Fsp3) is 0.235. The largest absolute Gasteiger partial charge is 0.504 e. The highest BCUT2D eigenvalue weighted by molar-refractivity contribution is 5.97. The normalized spacial score (nSPS) is 11.4. The molecule has 2 aromatic rings. The fourth-order valence-corrected chi connectivity index (χ4v) is 2.18. The molecule has 0 fully saturated rings. The summed E-state index contributed by atoms with van der Waals surface area (Å²) in [5.41, 5.74) is -0.622. The number of benzene rings is 2. The van der Waals surface area contributed by atoms with Crippen molar-refractivity contribution in [2.24, 2.45) is 0 Å². The Labute approximate surface area is 146 Å². The second-order valence-electron chi connectivity index (χ2n) is 5.28. The molecule has 140 valence electrons. The Morgan fingerprint density at radius 3 is 2.54 bits per heavy atom. The Kier molecular flexibility index (Phi) is 6.06. The van der Waals surface area contributed by atoms with Gasteiger partial charge in [0.25, 0.3) is 5.91 Å². The minimum absolute atomic E-state index is 0.151. The molecule has 0 aliphatic rings. The summed E-state index contributed by atoms with van der Waals surface area (Å²) >= 11 is 0. The van der Waals surface area contributed by atoms with Gasteiger partial charge in [-0.15, -0.1) is 0 Å². The van der Waals surface area contributed by atoms with Gasteiger partial charge in [0.2, 0.25) is 0 Å². The second kappa shape index (κ2) is 8.07. The molecule has 0 saturated heterocycles. The fourth-order valence-electron chi connectivity index (χ4n) is 2.18. The molecular formula is C17H16F3NO5. The molecule has 0 heterocycles. The summed E-state index contributed by atoms with van der Waals surface area (Å²) in [5.74, 6) is -1.97. The van der Waals surface area contributed by atoms with E-state index < -0.39 is 29.1 Å². The lowest BCUT2D eigenvalue weighted by Gasteiger charge is -2.12. The zero-order chi connectivity index (χ0) is 19.3. The van der Waals surface area contributed by atoms with Gasteiger partial charge in [-0.25, -0.2) is 9.78 Å². The molecule has 0 aliphatic heterocycles.